The van der Waals surface area contributed by atoms with Crippen molar-refractivity contribution >= 4 is 17.6 Å². The molecule has 4 heteroatoms. The highest BCUT2D eigenvalue weighted by molar-refractivity contribution is 6.16. The van der Waals surface area contributed by atoms with Crippen molar-refractivity contribution in [2.24, 2.45) is 0 Å². The molecule has 66 valence electrons. The summed E-state index contributed by atoms with van der Waals surface area (Å²) in [6.07, 6.45) is 0.330. The van der Waals surface area contributed by atoms with Gasteiger partial charge in [-0.15, -0.1) is 11.6 Å². The van der Waals surface area contributed by atoms with E-state index in [1.54, 1.807) is 19.1 Å². The van der Waals surface area contributed by atoms with Gasteiger partial charge in [-0.05, 0) is 6.07 Å². The molecule has 0 unspecified atom stereocenters. The van der Waals surface area contributed by atoms with Crippen molar-refractivity contribution in [2.45, 2.75) is 19.2 Å². The lowest BCUT2D eigenvalue weighted by atomic mass is 10.5. The molecule has 0 fully saturated rings. The van der Waals surface area contributed by atoms with Gasteiger partial charge >= 0.3 is 5.97 Å². The van der Waals surface area contributed by atoms with Gasteiger partial charge in [-0.25, -0.2) is 0 Å². The molecule has 0 saturated carbocycles. The molecule has 0 spiro atoms. The van der Waals surface area contributed by atoms with Gasteiger partial charge in [-0.3, -0.25) is 4.79 Å². The summed E-state index contributed by atoms with van der Waals surface area (Å²) >= 11 is 5.48. The lowest BCUT2D eigenvalue weighted by Gasteiger charge is -1.95. The molecule has 0 aliphatic rings. The number of alkyl halides is 1. The van der Waals surface area contributed by atoms with Gasteiger partial charge in [-0.2, -0.15) is 0 Å². The van der Waals surface area contributed by atoms with Gasteiger partial charge in [0.25, 0.3) is 5.95 Å². The van der Waals surface area contributed by atoms with E-state index in [1.807, 2.05) is 0 Å². The number of furan rings is 1. The van der Waals surface area contributed by atoms with Crippen LogP contribution >= 0.6 is 11.6 Å². The highest BCUT2D eigenvalue weighted by Gasteiger charge is 2.05. The zero-order valence-corrected chi connectivity index (χ0v) is 7.43. The minimum atomic E-state index is -0.314. The van der Waals surface area contributed by atoms with Crippen LogP contribution in [0, 0.1) is 0 Å². The van der Waals surface area contributed by atoms with Crippen LogP contribution in [-0.4, -0.2) is 5.97 Å². The fraction of sp³-hybridized carbons (Fsp3) is 0.375. The molecule has 0 aliphatic carbocycles. The Balaban J connectivity index is 2.58. The molecule has 3 nitrogen and oxygen atoms in total. The zero-order chi connectivity index (χ0) is 8.97. The molecule has 1 aromatic rings. The van der Waals surface area contributed by atoms with E-state index in [4.69, 9.17) is 20.8 Å². The average Bonchev–Trinajstić information content (AvgIpc) is 2.52. The Morgan fingerprint density at radius 2 is 2.42 bits per heavy atom. The molecule has 0 atom stereocenters. The van der Waals surface area contributed by atoms with Crippen LogP contribution in [0.4, 0.5) is 0 Å². The molecule has 0 amide bonds. The van der Waals surface area contributed by atoms with Crippen molar-refractivity contribution in [1.82, 2.24) is 0 Å². The largest absolute Gasteiger partial charge is 0.429 e. The predicted octanol–water partition coefficient (Wildman–Crippen LogP) is 2.33. The van der Waals surface area contributed by atoms with Crippen molar-refractivity contribution in [3.8, 4) is 5.95 Å². The molecule has 1 aromatic heterocycles. The van der Waals surface area contributed by atoms with Crippen LogP contribution in [0.25, 0.3) is 0 Å². The van der Waals surface area contributed by atoms with Gasteiger partial charge in [0.05, 0.1) is 5.88 Å². The van der Waals surface area contributed by atoms with Crippen LogP contribution in [0.1, 0.15) is 19.1 Å². The van der Waals surface area contributed by atoms with E-state index in [-0.39, 0.29) is 17.8 Å². The molecule has 0 radical (unpaired) electrons. The van der Waals surface area contributed by atoms with Crippen LogP contribution in [0.5, 0.6) is 5.95 Å². The SMILES string of the molecule is CCC(=O)Oc1ccc(CCl)o1. The Labute approximate surface area is 75.3 Å². The average molecular weight is 189 g/mol. The summed E-state index contributed by atoms with van der Waals surface area (Å²) in [6.45, 7) is 1.72. The van der Waals surface area contributed by atoms with Crippen LogP contribution in [-0.2, 0) is 10.7 Å². The summed E-state index contributed by atoms with van der Waals surface area (Å²) in [4.78, 5) is 10.8. The number of carbonyl (C=O) groups is 1. The van der Waals surface area contributed by atoms with Gasteiger partial charge in [-0.1, -0.05) is 6.92 Å². The Hall–Kier alpha value is -0.960. The molecular weight excluding hydrogens is 180 g/mol. The normalized spacial score (nSPS) is 9.83. The lowest BCUT2D eigenvalue weighted by molar-refractivity contribution is -0.135. The number of hydrogen-bond acceptors (Lipinski definition) is 3. The fourth-order valence-corrected chi connectivity index (χ4v) is 0.813. The number of ether oxygens (including phenoxy) is 1. The van der Waals surface area contributed by atoms with Crippen molar-refractivity contribution in [3.05, 3.63) is 17.9 Å². The van der Waals surface area contributed by atoms with E-state index >= 15 is 0 Å². The minimum Gasteiger partial charge on any atom is -0.429 e. The maximum absolute atomic E-state index is 10.8. The van der Waals surface area contributed by atoms with E-state index in [2.05, 4.69) is 0 Å². The van der Waals surface area contributed by atoms with Crippen molar-refractivity contribution in [2.75, 3.05) is 0 Å². The van der Waals surface area contributed by atoms with E-state index in [1.165, 1.54) is 0 Å². The Kier molecular flexibility index (Phi) is 3.17. The Morgan fingerprint density at radius 3 is 2.92 bits per heavy atom. The van der Waals surface area contributed by atoms with E-state index < -0.39 is 0 Å². The number of esters is 1. The summed E-state index contributed by atoms with van der Waals surface area (Å²) in [6, 6.07) is 3.25. The van der Waals surface area contributed by atoms with Gasteiger partial charge in [0.15, 0.2) is 0 Å². The van der Waals surface area contributed by atoms with E-state index in [0.29, 0.717) is 12.2 Å². The third kappa shape index (κ3) is 2.27. The van der Waals surface area contributed by atoms with Crippen molar-refractivity contribution in [3.63, 3.8) is 0 Å². The Morgan fingerprint density at radius 1 is 1.67 bits per heavy atom. The molecule has 0 bridgehead atoms. The maximum Gasteiger partial charge on any atom is 0.313 e. The fourth-order valence-electron chi connectivity index (χ4n) is 0.669. The zero-order valence-electron chi connectivity index (χ0n) is 6.67. The summed E-state index contributed by atoms with van der Waals surface area (Å²) in [5, 5.41) is 0. The summed E-state index contributed by atoms with van der Waals surface area (Å²) < 4.78 is 9.81. The number of halogens is 1. The van der Waals surface area contributed by atoms with Crippen LogP contribution in [0.3, 0.4) is 0 Å². The molecule has 12 heavy (non-hydrogen) atoms. The standard InChI is InChI=1S/C8H9ClO3/c1-2-7(10)12-8-4-3-6(5-9)11-8/h3-4H,2,5H2,1H3. The van der Waals surface area contributed by atoms with Gasteiger partial charge in [0.1, 0.15) is 5.76 Å². The van der Waals surface area contributed by atoms with Crippen LogP contribution in [0.15, 0.2) is 16.5 Å². The van der Waals surface area contributed by atoms with Crippen molar-refractivity contribution in [1.29, 1.82) is 0 Å². The lowest BCUT2D eigenvalue weighted by Crippen LogP contribution is -2.04. The van der Waals surface area contributed by atoms with Gasteiger partial charge in [0, 0.05) is 12.5 Å². The predicted molar refractivity (Wildman–Crippen MR) is 44.2 cm³/mol. The molecule has 0 aliphatic heterocycles. The van der Waals surface area contributed by atoms with Gasteiger partial charge in [0.2, 0.25) is 0 Å². The molecule has 0 saturated heterocycles. The van der Waals surface area contributed by atoms with E-state index in [9.17, 15) is 4.79 Å². The molecular formula is C8H9ClO3. The minimum absolute atomic E-state index is 0.206. The summed E-state index contributed by atoms with van der Waals surface area (Å²) in [7, 11) is 0. The third-order valence-corrected chi connectivity index (χ3v) is 1.54. The first-order chi connectivity index (χ1) is 5.76. The van der Waals surface area contributed by atoms with Gasteiger partial charge < -0.3 is 9.15 Å². The smallest absolute Gasteiger partial charge is 0.313 e. The summed E-state index contributed by atoms with van der Waals surface area (Å²) in [5.41, 5.74) is 0. The molecule has 0 N–H and O–H groups in total. The monoisotopic (exact) mass is 188 g/mol. The summed E-state index contributed by atoms with van der Waals surface area (Å²) in [5.74, 6) is 0.766. The van der Waals surface area contributed by atoms with Crippen molar-refractivity contribution < 1.29 is 13.9 Å². The van der Waals surface area contributed by atoms with Crippen LogP contribution in [0.2, 0.25) is 0 Å². The second-order valence-electron chi connectivity index (χ2n) is 2.18. The van der Waals surface area contributed by atoms with E-state index in [0.717, 1.165) is 0 Å². The van der Waals surface area contributed by atoms with Crippen LogP contribution < -0.4 is 4.74 Å². The second-order valence-corrected chi connectivity index (χ2v) is 2.45. The number of rotatable bonds is 3. The first-order valence-electron chi connectivity index (χ1n) is 3.61. The molecule has 1 heterocycles. The molecule has 1 rings (SSSR count). The maximum atomic E-state index is 10.8. The highest BCUT2D eigenvalue weighted by Crippen LogP contribution is 2.17. The molecule has 0 aromatic carbocycles. The quantitative estimate of drug-likeness (QED) is 0.540. The second kappa shape index (κ2) is 4.16. The third-order valence-electron chi connectivity index (χ3n) is 1.27. The number of hydrogen-bond donors (Lipinski definition) is 0. The highest BCUT2D eigenvalue weighted by atomic mass is 35.5. The first kappa shape index (κ1) is 9.13. The topological polar surface area (TPSA) is 39.4 Å². The number of carbonyl (C=O) groups excluding carboxylic acids is 1. The first-order valence-corrected chi connectivity index (χ1v) is 4.15. The Bertz CT molecular complexity index is 267.